The minimum atomic E-state index is -4.74. The maximum Gasteiger partial charge on any atom is 0.418 e. The van der Waals surface area contributed by atoms with Gasteiger partial charge in [-0.15, -0.1) is 0 Å². The fourth-order valence-corrected chi connectivity index (χ4v) is 4.14. The van der Waals surface area contributed by atoms with Gasteiger partial charge in [-0.25, -0.2) is 4.98 Å². The molecule has 1 unspecified atom stereocenters. The van der Waals surface area contributed by atoms with Gasteiger partial charge in [0.05, 0.1) is 28.9 Å². The molecule has 1 saturated heterocycles. The van der Waals surface area contributed by atoms with Crippen LogP contribution in [0, 0.1) is 0 Å². The van der Waals surface area contributed by atoms with E-state index >= 15 is 0 Å². The second-order valence-electron chi connectivity index (χ2n) is 8.00. The molecule has 0 spiro atoms. The van der Waals surface area contributed by atoms with Crippen LogP contribution in [0.15, 0.2) is 36.4 Å². The number of nitrogens with one attached hydrogen (secondary N) is 2. The van der Waals surface area contributed by atoms with E-state index in [2.05, 4.69) is 15.3 Å². The third-order valence-electron chi connectivity index (χ3n) is 5.61. The maximum absolute atomic E-state index is 13.9. The number of alkyl halides is 3. The second-order valence-corrected chi connectivity index (χ2v) is 8.43. The Morgan fingerprint density at radius 1 is 1.26 bits per heavy atom. The van der Waals surface area contributed by atoms with Gasteiger partial charge in [0.2, 0.25) is 5.91 Å². The number of benzene rings is 2. The van der Waals surface area contributed by atoms with Crippen molar-refractivity contribution in [2.45, 2.75) is 31.5 Å². The molecular formula is C23H22ClF3N4O3. The van der Waals surface area contributed by atoms with E-state index in [1.54, 1.807) is 18.2 Å². The highest BCUT2D eigenvalue weighted by molar-refractivity contribution is 6.31. The first kappa shape index (κ1) is 24.0. The van der Waals surface area contributed by atoms with Crippen molar-refractivity contribution >= 4 is 40.1 Å². The molecule has 2 amide bonds. The van der Waals surface area contributed by atoms with Gasteiger partial charge < -0.3 is 19.9 Å². The number of imidazole rings is 1. The van der Waals surface area contributed by atoms with Crippen LogP contribution in [-0.4, -0.2) is 42.0 Å². The minimum Gasteiger partial charge on any atom is -0.382 e. The molecule has 1 aliphatic rings. The molecule has 7 nitrogen and oxygen atoms in total. The van der Waals surface area contributed by atoms with Gasteiger partial charge in [0.15, 0.2) is 0 Å². The van der Waals surface area contributed by atoms with Crippen molar-refractivity contribution in [2.24, 2.45) is 0 Å². The summed E-state index contributed by atoms with van der Waals surface area (Å²) in [6.45, 7) is 0.241. The molecule has 2 heterocycles. The van der Waals surface area contributed by atoms with Crippen LogP contribution >= 0.6 is 11.6 Å². The van der Waals surface area contributed by atoms with Gasteiger partial charge in [-0.2, -0.15) is 13.2 Å². The average Bonchev–Trinajstić information content (AvgIpc) is 3.21. The number of anilines is 1. The summed E-state index contributed by atoms with van der Waals surface area (Å²) < 4.78 is 46.8. The fraction of sp³-hybridized carbons (Fsp3) is 0.348. The van der Waals surface area contributed by atoms with Crippen molar-refractivity contribution in [1.29, 1.82) is 0 Å². The summed E-state index contributed by atoms with van der Waals surface area (Å²) in [4.78, 5) is 33.8. The van der Waals surface area contributed by atoms with Gasteiger partial charge in [-0.05, 0) is 49.2 Å². The summed E-state index contributed by atoms with van der Waals surface area (Å²) in [7, 11) is 1.44. The summed E-state index contributed by atoms with van der Waals surface area (Å²) in [6, 6.07) is 7.54. The highest BCUT2D eigenvalue weighted by Gasteiger charge is 2.37. The lowest BCUT2D eigenvalue weighted by atomic mass is 10.0. The second kappa shape index (κ2) is 9.63. The predicted molar refractivity (Wildman–Crippen MR) is 121 cm³/mol. The number of hydrogen-bond acceptors (Lipinski definition) is 4. The number of carbonyl (C=O) groups is 2. The van der Waals surface area contributed by atoms with E-state index in [-0.39, 0.29) is 36.7 Å². The summed E-state index contributed by atoms with van der Waals surface area (Å²) in [5, 5.41) is 3.18. The number of halogens is 4. The Morgan fingerprint density at radius 3 is 2.76 bits per heavy atom. The number of amides is 2. The van der Waals surface area contributed by atoms with E-state index < -0.39 is 23.7 Å². The first-order valence-corrected chi connectivity index (χ1v) is 11.0. The number of hydrogen-bond donors (Lipinski definition) is 2. The molecule has 0 saturated carbocycles. The zero-order valence-electron chi connectivity index (χ0n) is 18.2. The van der Waals surface area contributed by atoms with Crippen molar-refractivity contribution in [2.75, 3.05) is 25.2 Å². The van der Waals surface area contributed by atoms with Crippen molar-refractivity contribution < 1.29 is 27.5 Å². The SMILES string of the molecule is COCC(NC(=O)c1ccc(N2CCCCC2=O)c(C(F)(F)F)c1)c1nc2ccc(Cl)cc2[nH]1. The predicted octanol–water partition coefficient (Wildman–Crippen LogP) is 4.87. The van der Waals surface area contributed by atoms with Crippen LogP contribution in [0.3, 0.4) is 0 Å². The van der Waals surface area contributed by atoms with Crippen molar-refractivity contribution in [1.82, 2.24) is 15.3 Å². The van der Waals surface area contributed by atoms with Crippen LogP contribution in [0.2, 0.25) is 5.02 Å². The Morgan fingerprint density at radius 2 is 2.06 bits per heavy atom. The number of carbonyl (C=O) groups excluding carboxylic acids is 2. The highest BCUT2D eigenvalue weighted by atomic mass is 35.5. The van der Waals surface area contributed by atoms with E-state index in [1.807, 2.05) is 0 Å². The molecule has 2 N–H and O–H groups in total. The van der Waals surface area contributed by atoms with Gasteiger partial charge in [0.1, 0.15) is 11.9 Å². The normalized spacial score (nSPS) is 15.6. The quantitative estimate of drug-likeness (QED) is 0.512. The van der Waals surface area contributed by atoms with Gasteiger partial charge in [-0.1, -0.05) is 11.6 Å². The Balaban J connectivity index is 1.63. The highest BCUT2D eigenvalue weighted by Crippen LogP contribution is 2.38. The molecule has 1 aromatic heterocycles. The van der Waals surface area contributed by atoms with Gasteiger partial charge in [0.25, 0.3) is 5.91 Å². The van der Waals surface area contributed by atoms with Gasteiger partial charge in [-0.3, -0.25) is 9.59 Å². The van der Waals surface area contributed by atoms with Crippen molar-refractivity contribution in [3.05, 3.63) is 58.4 Å². The maximum atomic E-state index is 13.9. The molecule has 1 aliphatic heterocycles. The number of aromatic amines is 1. The lowest BCUT2D eigenvalue weighted by Crippen LogP contribution is -2.37. The Labute approximate surface area is 198 Å². The minimum absolute atomic E-state index is 0.0335. The third-order valence-corrected chi connectivity index (χ3v) is 5.84. The standard InChI is InChI=1S/C23H22ClF3N4O3/c1-34-12-18(21-28-16-7-6-14(24)11-17(16)29-21)30-22(33)13-5-8-19(15(10-13)23(25,26)27)31-9-3-2-4-20(31)32/h5-8,10-11,18H,2-4,9,12H2,1H3,(H,28,29)(H,30,33). The Bertz CT molecular complexity index is 1230. The van der Waals surface area contributed by atoms with Crippen LogP contribution < -0.4 is 10.2 Å². The van der Waals surface area contributed by atoms with Gasteiger partial charge in [0, 0.05) is 30.7 Å². The summed E-state index contributed by atoms with van der Waals surface area (Å²) in [5.74, 6) is -0.722. The molecular weight excluding hydrogens is 473 g/mol. The molecule has 2 aromatic carbocycles. The lowest BCUT2D eigenvalue weighted by Gasteiger charge is -2.29. The van der Waals surface area contributed by atoms with E-state index in [0.29, 0.717) is 34.7 Å². The van der Waals surface area contributed by atoms with Crippen LogP contribution in [0.1, 0.15) is 47.1 Å². The zero-order chi connectivity index (χ0) is 24.5. The zero-order valence-corrected chi connectivity index (χ0v) is 19.0. The van der Waals surface area contributed by atoms with E-state index in [4.69, 9.17) is 16.3 Å². The van der Waals surface area contributed by atoms with Crippen LogP contribution in [0.25, 0.3) is 11.0 Å². The fourth-order valence-electron chi connectivity index (χ4n) is 3.96. The summed E-state index contributed by atoms with van der Waals surface area (Å²) >= 11 is 6.00. The van der Waals surface area contributed by atoms with Crippen molar-refractivity contribution in [3.63, 3.8) is 0 Å². The Kier molecular flexibility index (Phi) is 6.81. The average molecular weight is 495 g/mol. The molecule has 3 aromatic rings. The monoisotopic (exact) mass is 494 g/mol. The first-order valence-electron chi connectivity index (χ1n) is 10.6. The molecule has 180 valence electrons. The van der Waals surface area contributed by atoms with E-state index in [0.717, 1.165) is 11.0 Å². The van der Waals surface area contributed by atoms with Gasteiger partial charge >= 0.3 is 6.18 Å². The third kappa shape index (κ3) is 5.02. The molecule has 0 aliphatic carbocycles. The van der Waals surface area contributed by atoms with Crippen LogP contribution in [0.5, 0.6) is 0 Å². The number of nitrogens with zero attached hydrogens (tertiary/aromatic N) is 2. The number of fused-ring (bicyclic) bond motifs is 1. The lowest BCUT2D eigenvalue weighted by molar-refractivity contribution is -0.137. The van der Waals surface area contributed by atoms with E-state index in [1.165, 1.54) is 19.2 Å². The van der Waals surface area contributed by atoms with Crippen LogP contribution in [0.4, 0.5) is 18.9 Å². The first-order chi connectivity index (χ1) is 16.2. The largest absolute Gasteiger partial charge is 0.418 e. The molecule has 4 rings (SSSR count). The molecule has 34 heavy (non-hydrogen) atoms. The van der Waals surface area contributed by atoms with E-state index in [9.17, 15) is 22.8 Å². The summed E-state index contributed by atoms with van der Waals surface area (Å²) in [6.07, 6.45) is -3.28. The molecule has 0 radical (unpaired) electrons. The number of rotatable bonds is 6. The molecule has 1 atom stereocenters. The number of methoxy groups -OCH3 is 1. The smallest absolute Gasteiger partial charge is 0.382 e. The summed E-state index contributed by atoms with van der Waals surface area (Å²) in [5.41, 5.74) is -0.202. The van der Waals surface area contributed by atoms with Crippen LogP contribution in [-0.2, 0) is 15.7 Å². The number of ether oxygens (including phenoxy) is 1. The number of piperidine rings is 1. The number of aromatic nitrogens is 2. The topological polar surface area (TPSA) is 87.3 Å². The Hall–Kier alpha value is -3.11. The number of H-pyrrole nitrogens is 1. The molecule has 1 fully saturated rings. The molecule has 11 heteroatoms. The molecule has 0 bridgehead atoms. The van der Waals surface area contributed by atoms with Crippen molar-refractivity contribution in [3.8, 4) is 0 Å².